The average molecular weight is 543 g/mol. The lowest BCUT2D eigenvalue weighted by Crippen LogP contribution is -2.44. The number of anilines is 1. The molecule has 208 valence electrons. The fraction of sp³-hybridized carbons (Fsp3) is 0.536. The monoisotopic (exact) mass is 542 g/mol. The molecule has 3 unspecified atom stereocenters. The van der Waals surface area contributed by atoms with E-state index in [9.17, 15) is 18.0 Å². The first-order valence-electron chi connectivity index (χ1n) is 13.6. The van der Waals surface area contributed by atoms with Crippen molar-refractivity contribution in [2.75, 3.05) is 38.2 Å². The van der Waals surface area contributed by atoms with Gasteiger partial charge in [0, 0.05) is 49.1 Å². The molecule has 4 heterocycles. The number of H-pyrrole nitrogens is 1. The summed E-state index contributed by atoms with van der Waals surface area (Å²) in [4.78, 5) is 20.0. The van der Waals surface area contributed by atoms with Gasteiger partial charge in [-0.3, -0.25) is 19.8 Å². The number of carbonyl (C=O) groups is 1. The SMILES string of the molecule is Cc1cc2c(cn1)C(C[C@H]1CN(C3CCOC3)CC1NC(=O)CNc1n[nH]c3ccc(C(F)(F)F)cc13)CC2. The molecule has 11 heteroatoms. The van der Waals surface area contributed by atoms with Crippen LogP contribution in [0.2, 0.25) is 0 Å². The lowest BCUT2D eigenvalue weighted by molar-refractivity contribution is -0.137. The minimum absolute atomic E-state index is 0.0184. The highest BCUT2D eigenvalue weighted by Gasteiger charge is 2.40. The van der Waals surface area contributed by atoms with E-state index in [1.54, 1.807) is 0 Å². The molecule has 2 saturated heterocycles. The van der Waals surface area contributed by atoms with E-state index in [0.717, 1.165) is 69.8 Å². The molecule has 3 N–H and O–H groups in total. The van der Waals surface area contributed by atoms with Crippen molar-refractivity contribution in [2.24, 2.45) is 5.92 Å². The van der Waals surface area contributed by atoms with Crippen LogP contribution in [0.15, 0.2) is 30.5 Å². The molecule has 1 amide bonds. The molecular formula is C28H33F3N6O2. The standard InChI is InChI=1S/C28H33F3N6O2/c1-16-8-17-2-3-18(23(17)11-32-16)9-19-13-37(21-6-7-39-15-21)14-25(19)34-26(38)12-33-27-22-10-20(28(29,30)31)4-5-24(22)35-36-27/h4-5,8,10-11,18-19,21,25H,2-3,6-7,9,12-15H2,1H3,(H,34,38)(H2,33,35,36)/t18?,19-,21?,25?/m0/s1. The fourth-order valence-corrected chi connectivity index (χ4v) is 6.47. The predicted molar refractivity (Wildman–Crippen MR) is 140 cm³/mol. The highest BCUT2D eigenvalue weighted by atomic mass is 19.4. The van der Waals surface area contributed by atoms with Gasteiger partial charge in [0.25, 0.3) is 0 Å². The highest BCUT2D eigenvalue weighted by Crippen LogP contribution is 2.40. The highest BCUT2D eigenvalue weighted by molar-refractivity contribution is 5.92. The van der Waals surface area contributed by atoms with Crippen molar-refractivity contribution in [1.82, 2.24) is 25.4 Å². The van der Waals surface area contributed by atoms with Gasteiger partial charge in [-0.05, 0) is 79.8 Å². The molecule has 1 aromatic carbocycles. The Hall–Kier alpha value is -3.18. The topological polar surface area (TPSA) is 95.2 Å². The van der Waals surface area contributed by atoms with Crippen LogP contribution in [-0.2, 0) is 22.1 Å². The third-order valence-corrected chi connectivity index (χ3v) is 8.49. The fourth-order valence-electron chi connectivity index (χ4n) is 6.47. The number of carbonyl (C=O) groups excluding carboxylic acids is 1. The van der Waals surface area contributed by atoms with Gasteiger partial charge in [0.2, 0.25) is 5.91 Å². The first kappa shape index (κ1) is 26.1. The third-order valence-electron chi connectivity index (χ3n) is 8.49. The quantitative estimate of drug-likeness (QED) is 0.418. The van der Waals surface area contributed by atoms with Crippen molar-refractivity contribution in [3.8, 4) is 0 Å². The number of fused-ring (bicyclic) bond motifs is 2. The number of alkyl halides is 3. The Morgan fingerprint density at radius 2 is 2.10 bits per heavy atom. The van der Waals surface area contributed by atoms with E-state index in [-0.39, 0.29) is 30.2 Å². The molecule has 2 fully saturated rings. The first-order valence-corrected chi connectivity index (χ1v) is 13.6. The molecule has 2 aromatic heterocycles. The van der Waals surface area contributed by atoms with Crippen LogP contribution in [0.1, 0.15) is 47.6 Å². The lowest BCUT2D eigenvalue weighted by atomic mass is 9.88. The normalized spacial score (nSPS) is 25.3. The number of halogens is 3. The van der Waals surface area contributed by atoms with E-state index in [1.807, 2.05) is 13.1 Å². The molecule has 0 radical (unpaired) electrons. The number of aromatic amines is 1. The molecule has 0 spiro atoms. The number of hydrogen-bond acceptors (Lipinski definition) is 6. The zero-order valence-electron chi connectivity index (χ0n) is 21.9. The number of amides is 1. The Labute approximate surface area is 224 Å². The Balaban J connectivity index is 1.13. The largest absolute Gasteiger partial charge is 0.416 e. The first-order chi connectivity index (χ1) is 18.7. The third kappa shape index (κ3) is 5.47. The van der Waals surface area contributed by atoms with E-state index in [4.69, 9.17) is 4.74 Å². The van der Waals surface area contributed by atoms with E-state index in [0.29, 0.717) is 22.9 Å². The van der Waals surface area contributed by atoms with Gasteiger partial charge in [-0.15, -0.1) is 0 Å². The van der Waals surface area contributed by atoms with E-state index >= 15 is 0 Å². The van der Waals surface area contributed by atoms with Crippen molar-refractivity contribution in [1.29, 1.82) is 0 Å². The Morgan fingerprint density at radius 1 is 1.23 bits per heavy atom. The number of aromatic nitrogens is 3. The van der Waals surface area contributed by atoms with Crippen LogP contribution >= 0.6 is 0 Å². The number of nitrogens with zero attached hydrogens (tertiary/aromatic N) is 3. The van der Waals surface area contributed by atoms with Crippen LogP contribution < -0.4 is 10.6 Å². The Morgan fingerprint density at radius 3 is 2.90 bits per heavy atom. The maximum Gasteiger partial charge on any atom is 0.416 e. The summed E-state index contributed by atoms with van der Waals surface area (Å²) in [6, 6.07) is 5.94. The summed E-state index contributed by atoms with van der Waals surface area (Å²) in [6.45, 7) is 5.09. The lowest BCUT2D eigenvalue weighted by Gasteiger charge is -2.23. The molecule has 39 heavy (non-hydrogen) atoms. The smallest absolute Gasteiger partial charge is 0.380 e. The number of nitrogens with one attached hydrogen (secondary N) is 3. The summed E-state index contributed by atoms with van der Waals surface area (Å²) in [5.74, 6) is 0.729. The second kappa shape index (κ2) is 10.4. The van der Waals surface area contributed by atoms with Gasteiger partial charge in [0.1, 0.15) is 0 Å². The molecule has 6 rings (SSSR count). The molecule has 0 bridgehead atoms. The van der Waals surface area contributed by atoms with Crippen molar-refractivity contribution in [3.63, 3.8) is 0 Å². The van der Waals surface area contributed by atoms with Crippen molar-refractivity contribution < 1.29 is 22.7 Å². The summed E-state index contributed by atoms with van der Waals surface area (Å²) < 4.78 is 45.2. The van der Waals surface area contributed by atoms with Gasteiger partial charge in [-0.25, -0.2) is 0 Å². The molecule has 3 aliphatic rings. The second-order valence-corrected chi connectivity index (χ2v) is 11.1. The van der Waals surface area contributed by atoms with Crippen molar-refractivity contribution in [2.45, 2.75) is 56.8 Å². The van der Waals surface area contributed by atoms with E-state index in [1.165, 1.54) is 17.2 Å². The van der Waals surface area contributed by atoms with Gasteiger partial charge in [0.05, 0.1) is 24.2 Å². The molecule has 1 aliphatic carbocycles. The minimum Gasteiger partial charge on any atom is -0.380 e. The van der Waals surface area contributed by atoms with E-state index < -0.39 is 11.7 Å². The zero-order chi connectivity index (χ0) is 27.1. The molecule has 4 atom stereocenters. The number of aryl methyl sites for hydroxylation is 2. The summed E-state index contributed by atoms with van der Waals surface area (Å²) in [5.41, 5.74) is 3.47. The number of benzene rings is 1. The predicted octanol–water partition coefficient (Wildman–Crippen LogP) is 4.02. The van der Waals surface area contributed by atoms with Gasteiger partial charge >= 0.3 is 6.18 Å². The molecule has 8 nitrogen and oxygen atoms in total. The van der Waals surface area contributed by atoms with Crippen LogP contribution in [-0.4, -0.2) is 70.9 Å². The molecular weight excluding hydrogens is 509 g/mol. The Bertz CT molecular complexity index is 1350. The van der Waals surface area contributed by atoms with Crippen LogP contribution in [0.5, 0.6) is 0 Å². The Kier molecular flexibility index (Phi) is 6.96. The molecule has 3 aromatic rings. The van der Waals surface area contributed by atoms with Crippen molar-refractivity contribution in [3.05, 3.63) is 52.8 Å². The zero-order valence-corrected chi connectivity index (χ0v) is 21.9. The van der Waals surface area contributed by atoms with Gasteiger partial charge in [0.15, 0.2) is 5.82 Å². The van der Waals surface area contributed by atoms with Gasteiger partial charge in [-0.2, -0.15) is 18.3 Å². The van der Waals surface area contributed by atoms with Gasteiger partial charge in [-0.1, -0.05) is 0 Å². The number of hydrogen-bond donors (Lipinski definition) is 3. The number of likely N-dealkylation sites (tertiary alicyclic amines) is 1. The summed E-state index contributed by atoms with van der Waals surface area (Å²) in [6.07, 6.45) is 1.70. The number of pyridine rings is 1. The molecule has 2 aliphatic heterocycles. The van der Waals surface area contributed by atoms with Crippen LogP contribution in [0.4, 0.5) is 19.0 Å². The summed E-state index contributed by atoms with van der Waals surface area (Å²) in [7, 11) is 0. The maximum atomic E-state index is 13.2. The summed E-state index contributed by atoms with van der Waals surface area (Å²) in [5, 5.41) is 13.3. The maximum absolute atomic E-state index is 13.2. The van der Waals surface area contributed by atoms with Gasteiger partial charge < -0.3 is 15.4 Å². The van der Waals surface area contributed by atoms with Crippen molar-refractivity contribution >= 4 is 22.6 Å². The number of ether oxygens (including phenoxy) is 1. The van der Waals surface area contributed by atoms with E-state index in [2.05, 4.69) is 36.8 Å². The summed E-state index contributed by atoms with van der Waals surface area (Å²) >= 11 is 0. The second-order valence-electron chi connectivity index (χ2n) is 11.1. The number of rotatable bonds is 7. The average Bonchev–Trinajstić information content (AvgIpc) is 3.69. The van der Waals surface area contributed by atoms with Crippen LogP contribution in [0.3, 0.4) is 0 Å². The van der Waals surface area contributed by atoms with Crippen LogP contribution in [0, 0.1) is 12.8 Å². The van der Waals surface area contributed by atoms with Crippen LogP contribution in [0.25, 0.3) is 10.9 Å². The minimum atomic E-state index is -4.46. The molecule has 0 saturated carbocycles.